The average molecular weight is 449 g/mol. The van der Waals surface area contributed by atoms with E-state index in [1.165, 1.54) is 0 Å². The van der Waals surface area contributed by atoms with Crippen molar-refractivity contribution in [1.82, 2.24) is 0 Å². The van der Waals surface area contributed by atoms with Crippen molar-refractivity contribution in [2.45, 2.75) is 58.3 Å². The minimum absolute atomic E-state index is 0.0418. The Bertz CT molecular complexity index is 810. The Labute approximate surface area is 190 Å². The number of carbonyl (C=O) groups is 2. The van der Waals surface area contributed by atoms with E-state index in [4.69, 9.17) is 21.1 Å². The predicted octanol–water partition coefficient (Wildman–Crippen LogP) is 6.62. The van der Waals surface area contributed by atoms with Crippen LogP contribution in [0.1, 0.15) is 53.4 Å². The number of allylic oxidation sites excluding steroid dienone is 2. The molecular formula is C25H33ClO5. The molecule has 1 N–H and O–H groups in total. The van der Waals surface area contributed by atoms with Gasteiger partial charge in [-0.25, -0.2) is 9.59 Å². The first-order valence-corrected chi connectivity index (χ1v) is 11.3. The number of hydrogen-bond donors (Lipinski definition) is 1. The van der Waals surface area contributed by atoms with Gasteiger partial charge >= 0.3 is 12.1 Å². The highest BCUT2D eigenvalue weighted by Gasteiger charge is 2.39. The fourth-order valence-electron chi connectivity index (χ4n) is 4.08. The maximum Gasteiger partial charge on any atom is 0.513 e. The lowest BCUT2D eigenvalue weighted by molar-refractivity contribution is -0.132. The van der Waals surface area contributed by atoms with Crippen LogP contribution in [-0.2, 0) is 9.53 Å². The Morgan fingerprint density at radius 1 is 1.23 bits per heavy atom. The van der Waals surface area contributed by atoms with Crippen LogP contribution in [0, 0.1) is 17.8 Å². The Balaban J connectivity index is 2.15. The molecule has 0 amide bonds. The molecule has 0 heterocycles. The second-order valence-electron chi connectivity index (χ2n) is 8.75. The molecule has 0 bridgehead atoms. The van der Waals surface area contributed by atoms with Crippen molar-refractivity contribution in [3.63, 3.8) is 0 Å². The van der Waals surface area contributed by atoms with E-state index in [-0.39, 0.29) is 18.4 Å². The Morgan fingerprint density at radius 3 is 2.48 bits per heavy atom. The number of benzene rings is 1. The van der Waals surface area contributed by atoms with Gasteiger partial charge in [0.2, 0.25) is 0 Å². The molecule has 5 nitrogen and oxygen atoms in total. The minimum atomic E-state index is -0.932. The number of alkyl halides is 1. The molecule has 1 aromatic rings. The van der Waals surface area contributed by atoms with Crippen LogP contribution in [0.2, 0.25) is 0 Å². The van der Waals surface area contributed by atoms with Crippen molar-refractivity contribution in [1.29, 1.82) is 0 Å². The molecule has 31 heavy (non-hydrogen) atoms. The number of ether oxygens (including phenoxy) is 2. The second-order valence-corrected chi connectivity index (χ2v) is 9.56. The minimum Gasteiger partial charge on any atom is -0.478 e. The van der Waals surface area contributed by atoms with Crippen LogP contribution in [0.5, 0.6) is 5.75 Å². The van der Waals surface area contributed by atoms with Gasteiger partial charge in [-0.2, -0.15) is 0 Å². The Kier molecular flexibility index (Phi) is 9.17. The lowest BCUT2D eigenvalue weighted by atomic mass is 9.72. The molecular weight excluding hydrogens is 416 g/mol. The molecule has 0 radical (unpaired) electrons. The second kappa shape index (κ2) is 11.4. The van der Waals surface area contributed by atoms with Gasteiger partial charge in [0.25, 0.3) is 0 Å². The van der Waals surface area contributed by atoms with Crippen molar-refractivity contribution >= 4 is 23.7 Å². The third-order valence-electron chi connectivity index (χ3n) is 5.53. The average Bonchev–Trinajstić information content (AvgIpc) is 2.68. The first-order valence-electron chi connectivity index (χ1n) is 10.9. The zero-order valence-corrected chi connectivity index (χ0v) is 19.5. The third kappa shape index (κ3) is 7.42. The van der Waals surface area contributed by atoms with E-state index < -0.39 is 17.0 Å². The molecule has 1 aliphatic rings. The maximum absolute atomic E-state index is 12.1. The van der Waals surface area contributed by atoms with E-state index in [1.54, 1.807) is 36.4 Å². The van der Waals surface area contributed by atoms with Crippen LogP contribution in [0.25, 0.3) is 0 Å². The number of hydrogen-bond acceptors (Lipinski definition) is 4. The van der Waals surface area contributed by atoms with Gasteiger partial charge in [0.1, 0.15) is 5.75 Å². The SMILES string of the molecule is CCCC(COC(=O)Oc1ccccc1)CC1C(CC(C)C)=C(C(=O)O)C=CC1(C)Cl. The summed E-state index contributed by atoms with van der Waals surface area (Å²) in [5.74, 6) is -0.317. The third-order valence-corrected chi connectivity index (χ3v) is 5.92. The van der Waals surface area contributed by atoms with Gasteiger partial charge in [-0.1, -0.05) is 57.0 Å². The highest BCUT2D eigenvalue weighted by atomic mass is 35.5. The van der Waals surface area contributed by atoms with Crippen LogP contribution in [-0.4, -0.2) is 28.7 Å². The molecule has 0 aliphatic heterocycles. The normalized spacial score (nSPS) is 21.8. The summed E-state index contributed by atoms with van der Waals surface area (Å²) in [7, 11) is 0. The molecule has 0 saturated carbocycles. The van der Waals surface area contributed by atoms with Crippen molar-refractivity contribution < 1.29 is 24.2 Å². The van der Waals surface area contributed by atoms with Crippen molar-refractivity contribution in [3.05, 3.63) is 53.6 Å². The standard InChI is InChI=1S/C25H33ClO5/c1-5-9-18(16-30-24(29)31-19-10-7-6-8-11-19)15-22-21(14-17(2)3)20(23(27)28)12-13-25(22,4)26/h6-8,10-13,17-18,22H,5,9,14-16H2,1-4H3,(H,27,28). The van der Waals surface area contributed by atoms with Gasteiger partial charge in [0, 0.05) is 5.92 Å². The molecule has 0 spiro atoms. The van der Waals surface area contributed by atoms with Gasteiger partial charge in [-0.3, -0.25) is 0 Å². The van der Waals surface area contributed by atoms with Crippen LogP contribution in [0.3, 0.4) is 0 Å². The van der Waals surface area contributed by atoms with Gasteiger partial charge in [-0.15, -0.1) is 11.6 Å². The molecule has 3 unspecified atom stereocenters. The van der Waals surface area contributed by atoms with Gasteiger partial charge in [0.05, 0.1) is 17.1 Å². The summed E-state index contributed by atoms with van der Waals surface area (Å²) in [4.78, 5) is 23.3. The molecule has 1 aliphatic carbocycles. The van der Waals surface area contributed by atoms with E-state index in [2.05, 4.69) is 20.8 Å². The molecule has 0 aromatic heterocycles. The van der Waals surface area contributed by atoms with Crippen molar-refractivity contribution in [2.75, 3.05) is 6.61 Å². The number of rotatable bonds is 10. The largest absolute Gasteiger partial charge is 0.513 e. The quantitative estimate of drug-likeness (QED) is 0.247. The number of halogens is 1. The predicted molar refractivity (Wildman–Crippen MR) is 122 cm³/mol. The number of carbonyl (C=O) groups excluding carboxylic acids is 1. The number of para-hydroxylation sites is 1. The first kappa shape index (κ1) is 25.0. The fourth-order valence-corrected chi connectivity index (χ4v) is 4.37. The number of carboxylic acids is 1. The van der Waals surface area contributed by atoms with Crippen LogP contribution in [0.4, 0.5) is 4.79 Å². The van der Waals surface area contributed by atoms with E-state index in [9.17, 15) is 14.7 Å². The van der Waals surface area contributed by atoms with E-state index >= 15 is 0 Å². The monoisotopic (exact) mass is 448 g/mol. The lowest BCUT2D eigenvalue weighted by Crippen LogP contribution is -2.35. The molecule has 170 valence electrons. The lowest BCUT2D eigenvalue weighted by Gasteiger charge is -2.38. The Hall–Kier alpha value is -2.27. The summed E-state index contributed by atoms with van der Waals surface area (Å²) in [6, 6.07) is 8.78. The van der Waals surface area contributed by atoms with E-state index in [0.717, 1.165) is 18.4 Å². The Morgan fingerprint density at radius 2 is 1.90 bits per heavy atom. The topological polar surface area (TPSA) is 72.8 Å². The van der Waals surface area contributed by atoms with Crippen LogP contribution < -0.4 is 4.74 Å². The van der Waals surface area contributed by atoms with Crippen LogP contribution >= 0.6 is 11.6 Å². The zero-order valence-electron chi connectivity index (χ0n) is 18.8. The highest BCUT2D eigenvalue weighted by molar-refractivity contribution is 6.25. The molecule has 3 atom stereocenters. The summed E-state index contributed by atoms with van der Waals surface area (Å²) in [6.45, 7) is 8.33. The van der Waals surface area contributed by atoms with Gasteiger partial charge in [0.15, 0.2) is 0 Å². The summed E-state index contributed by atoms with van der Waals surface area (Å²) in [5, 5.41) is 9.73. The van der Waals surface area contributed by atoms with Crippen LogP contribution in [0.15, 0.2) is 53.6 Å². The maximum atomic E-state index is 12.1. The van der Waals surface area contributed by atoms with Gasteiger partial charge in [-0.05, 0) is 56.2 Å². The summed E-state index contributed by atoms with van der Waals surface area (Å²) >= 11 is 6.85. The van der Waals surface area contributed by atoms with Gasteiger partial charge < -0.3 is 14.6 Å². The molecule has 1 aromatic carbocycles. The molecule has 0 fully saturated rings. The fraction of sp³-hybridized carbons (Fsp3) is 0.520. The number of carboxylic acid groups (broad SMARTS) is 1. The van der Waals surface area contributed by atoms with Crippen molar-refractivity contribution in [3.8, 4) is 5.75 Å². The van der Waals surface area contributed by atoms with Crippen molar-refractivity contribution in [2.24, 2.45) is 17.8 Å². The zero-order chi connectivity index (χ0) is 23.0. The van der Waals surface area contributed by atoms with E-state index in [0.29, 0.717) is 30.1 Å². The highest BCUT2D eigenvalue weighted by Crippen LogP contribution is 2.44. The number of aliphatic carboxylic acids is 1. The molecule has 0 saturated heterocycles. The summed E-state index contributed by atoms with van der Waals surface area (Å²) in [5.41, 5.74) is 1.20. The summed E-state index contributed by atoms with van der Waals surface area (Å²) in [6.07, 6.45) is 5.71. The van der Waals surface area contributed by atoms with E-state index in [1.807, 2.05) is 13.0 Å². The summed E-state index contributed by atoms with van der Waals surface area (Å²) < 4.78 is 10.6. The molecule has 6 heteroatoms. The molecule has 2 rings (SSSR count). The first-order chi connectivity index (χ1) is 14.6. The smallest absolute Gasteiger partial charge is 0.478 e.